The lowest BCUT2D eigenvalue weighted by Gasteiger charge is -2.33. The van der Waals surface area contributed by atoms with Crippen LogP contribution in [0.3, 0.4) is 0 Å². The molecule has 2 aromatic carbocycles. The van der Waals surface area contributed by atoms with Crippen LogP contribution in [0, 0.1) is 17.1 Å². The molecule has 0 radical (unpaired) electrons. The molecule has 1 unspecified atom stereocenters. The molecule has 1 heterocycles. The average Bonchev–Trinajstić information content (AvgIpc) is 2.56. The number of nitrogens with zero attached hydrogens (tertiary/aromatic N) is 2. The van der Waals surface area contributed by atoms with Crippen molar-refractivity contribution in [2.24, 2.45) is 0 Å². The van der Waals surface area contributed by atoms with Crippen molar-refractivity contribution in [2.45, 2.75) is 12.6 Å². The van der Waals surface area contributed by atoms with Gasteiger partial charge in [0, 0.05) is 19.6 Å². The zero-order valence-corrected chi connectivity index (χ0v) is 12.2. The number of nitriles is 1. The molecule has 0 aliphatic carbocycles. The van der Waals surface area contributed by atoms with Gasteiger partial charge in [0.15, 0.2) is 0 Å². The molecule has 22 heavy (non-hydrogen) atoms. The lowest BCUT2D eigenvalue weighted by atomic mass is 10.1. The molecule has 0 saturated carbocycles. The molecule has 0 N–H and O–H groups in total. The zero-order valence-electron chi connectivity index (χ0n) is 12.2. The normalized spacial score (nSPS) is 18.8. The van der Waals surface area contributed by atoms with Crippen molar-refractivity contribution in [1.82, 2.24) is 4.90 Å². The quantitative estimate of drug-likeness (QED) is 0.872. The van der Waals surface area contributed by atoms with Gasteiger partial charge in [-0.3, -0.25) is 4.90 Å². The van der Waals surface area contributed by atoms with E-state index in [1.54, 1.807) is 12.1 Å². The van der Waals surface area contributed by atoms with Crippen LogP contribution in [0.1, 0.15) is 22.8 Å². The Balaban J connectivity index is 1.65. The second-order valence-corrected chi connectivity index (χ2v) is 5.45. The van der Waals surface area contributed by atoms with Crippen LogP contribution in [-0.4, -0.2) is 24.6 Å². The minimum Gasteiger partial charge on any atom is -0.371 e. The van der Waals surface area contributed by atoms with Crippen LogP contribution in [-0.2, 0) is 11.3 Å². The number of hydrogen-bond donors (Lipinski definition) is 0. The Morgan fingerprint density at radius 3 is 2.55 bits per heavy atom. The standard InChI is InChI=1S/C18H17FN2O/c19-17-7-5-16(6-8-17)18-13-21(9-10-22-18)12-15-3-1-14(11-20)2-4-15/h1-8,18H,9-10,12-13H2. The average molecular weight is 296 g/mol. The Morgan fingerprint density at radius 1 is 1.14 bits per heavy atom. The molecule has 1 saturated heterocycles. The van der Waals surface area contributed by atoms with E-state index in [1.165, 1.54) is 17.7 Å². The fourth-order valence-corrected chi connectivity index (χ4v) is 2.67. The van der Waals surface area contributed by atoms with Crippen LogP contribution in [0.4, 0.5) is 4.39 Å². The predicted molar refractivity (Wildman–Crippen MR) is 81.5 cm³/mol. The number of rotatable bonds is 3. The molecule has 1 atom stereocenters. The van der Waals surface area contributed by atoms with Gasteiger partial charge in [0.2, 0.25) is 0 Å². The Morgan fingerprint density at radius 2 is 1.86 bits per heavy atom. The molecule has 4 heteroatoms. The first-order chi connectivity index (χ1) is 10.7. The lowest BCUT2D eigenvalue weighted by Crippen LogP contribution is -2.37. The van der Waals surface area contributed by atoms with Crippen molar-refractivity contribution in [3.8, 4) is 6.07 Å². The smallest absolute Gasteiger partial charge is 0.123 e. The second-order valence-electron chi connectivity index (χ2n) is 5.45. The van der Waals surface area contributed by atoms with Gasteiger partial charge in [0.25, 0.3) is 0 Å². The van der Waals surface area contributed by atoms with Gasteiger partial charge >= 0.3 is 0 Å². The summed E-state index contributed by atoms with van der Waals surface area (Å²) < 4.78 is 18.8. The van der Waals surface area contributed by atoms with E-state index in [1.807, 2.05) is 24.3 Å². The SMILES string of the molecule is N#Cc1ccc(CN2CCOC(c3ccc(F)cc3)C2)cc1. The Labute approximate surface area is 129 Å². The highest BCUT2D eigenvalue weighted by atomic mass is 19.1. The van der Waals surface area contributed by atoms with Gasteiger partial charge in [-0.15, -0.1) is 0 Å². The highest BCUT2D eigenvalue weighted by Crippen LogP contribution is 2.23. The highest BCUT2D eigenvalue weighted by molar-refractivity contribution is 5.31. The molecular formula is C18H17FN2O. The number of halogens is 1. The van der Waals surface area contributed by atoms with Crippen molar-refractivity contribution < 1.29 is 9.13 Å². The Kier molecular flexibility index (Phi) is 4.47. The summed E-state index contributed by atoms with van der Waals surface area (Å²) in [5.74, 6) is -0.228. The van der Waals surface area contributed by atoms with E-state index in [4.69, 9.17) is 10.00 Å². The third-order valence-corrected chi connectivity index (χ3v) is 3.88. The summed E-state index contributed by atoms with van der Waals surface area (Å²) in [7, 11) is 0. The monoisotopic (exact) mass is 296 g/mol. The summed E-state index contributed by atoms with van der Waals surface area (Å²) in [4.78, 5) is 2.32. The summed E-state index contributed by atoms with van der Waals surface area (Å²) in [6, 6.07) is 16.3. The van der Waals surface area contributed by atoms with E-state index in [2.05, 4.69) is 11.0 Å². The molecule has 3 rings (SSSR count). The topological polar surface area (TPSA) is 36.3 Å². The zero-order chi connectivity index (χ0) is 15.4. The van der Waals surface area contributed by atoms with Gasteiger partial charge in [-0.05, 0) is 35.4 Å². The summed E-state index contributed by atoms with van der Waals surface area (Å²) in [5.41, 5.74) is 2.86. The number of hydrogen-bond acceptors (Lipinski definition) is 3. The van der Waals surface area contributed by atoms with Crippen LogP contribution in [0.25, 0.3) is 0 Å². The first-order valence-electron chi connectivity index (χ1n) is 7.33. The molecule has 112 valence electrons. The molecule has 1 aliphatic rings. The molecule has 0 spiro atoms. The molecule has 2 aromatic rings. The highest BCUT2D eigenvalue weighted by Gasteiger charge is 2.22. The minimum atomic E-state index is -0.228. The fourth-order valence-electron chi connectivity index (χ4n) is 2.67. The van der Waals surface area contributed by atoms with Crippen molar-refractivity contribution in [3.05, 3.63) is 71.0 Å². The summed E-state index contributed by atoms with van der Waals surface area (Å²) >= 11 is 0. The van der Waals surface area contributed by atoms with Crippen LogP contribution in [0.2, 0.25) is 0 Å². The molecule has 1 fully saturated rings. The maximum absolute atomic E-state index is 13.0. The number of benzene rings is 2. The molecule has 0 bridgehead atoms. The van der Waals surface area contributed by atoms with Gasteiger partial charge in [0.05, 0.1) is 24.3 Å². The van der Waals surface area contributed by atoms with E-state index in [9.17, 15) is 4.39 Å². The molecule has 1 aliphatic heterocycles. The predicted octanol–water partition coefficient (Wildman–Crippen LogP) is 3.27. The van der Waals surface area contributed by atoms with Crippen LogP contribution >= 0.6 is 0 Å². The number of morpholine rings is 1. The number of ether oxygens (including phenoxy) is 1. The van der Waals surface area contributed by atoms with Gasteiger partial charge in [-0.1, -0.05) is 24.3 Å². The summed E-state index contributed by atoms with van der Waals surface area (Å²) in [6.07, 6.45) is -0.0206. The molecule has 0 aromatic heterocycles. The first kappa shape index (κ1) is 14.7. The Bertz CT molecular complexity index is 661. The molecule has 3 nitrogen and oxygen atoms in total. The largest absolute Gasteiger partial charge is 0.371 e. The van der Waals surface area contributed by atoms with Gasteiger partial charge in [-0.25, -0.2) is 4.39 Å². The lowest BCUT2D eigenvalue weighted by molar-refractivity contribution is -0.0329. The van der Waals surface area contributed by atoms with E-state index in [0.29, 0.717) is 12.2 Å². The third-order valence-electron chi connectivity index (χ3n) is 3.88. The minimum absolute atomic E-state index is 0.0206. The van der Waals surface area contributed by atoms with E-state index in [0.717, 1.165) is 25.2 Å². The third kappa shape index (κ3) is 3.51. The second kappa shape index (κ2) is 6.69. The molecular weight excluding hydrogens is 279 g/mol. The van der Waals surface area contributed by atoms with Crippen molar-refractivity contribution in [2.75, 3.05) is 19.7 Å². The summed E-state index contributed by atoms with van der Waals surface area (Å²) in [6.45, 7) is 3.15. The molecule has 0 amide bonds. The summed E-state index contributed by atoms with van der Waals surface area (Å²) in [5, 5.41) is 8.83. The van der Waals surface area contributed by atoms with Crippen LogP contribution in [0.5, 0.6) is 0 Å². The van der Waals surface area contributed by atoms with Gasteiger partial charge in [0.1, 0.15) is 5.82 Å². The van der Waals surface area contributed by atoms with Gasteiger partial charge in [-0.2, -0.15) is 5.26 Å². The van der Waals surface area contributed by atoms with Crippen LogP contribution < -0.4 is 0 Å². The van der Waals surface area contributed by atoms with E-state index >= 15 is 0 Å². The maximum Gasteiger partial charge on any atom is 0.123 e. The maximum atomic E-state index is 13.0. The van der Waals surface area contributed by atoms with E-state index in [-0.39, 0.29) is 11.9 Å². The van der Waals surface area contributed by atoms with Crippen molar-refractivity contribution >= 4 is 0 Å². The Hall–Kier alpha value is -2.22. The van der Waals surface area contributed by atoms with Crippen LogP contribution in [0.15, 0.2) is 48.5 Å². The fraction of sp³-hybridized carbons (Fsp3) is 0.278. The van der Waals surface area contributed by atoms with Crippen molar-refractivity contribution in [3.63, 3.8) is 0 Å². The van der Waals surface area contributed by atoms with Gasteiger partial charge < -0.3 is 4.74 Å². The first-order valence-corrected chi connectivity index (χ1v) is 7.33. The van der Waals surface area contributed by atoms with E-state index < -0.39 is 0 Å². The van der Waals surface area contributed by atoms with Crippen molar-refractivity contribution in [1.29, 1.82) is 5.26 Å².